The Bertz CT molecular complexity index is 717. The highest BCUT2D eigenvalue weighted by Crippen LogP contribution is 2.28. The second-order valence-corrected chi connectivity index (χ2v) is 5.83. The molecule has 0 fully saturated rings. The van der Waals surface area contributed by atoms with Crippen LogP contribution in [0.2, 0.25) is 0 Å². The van der Waals surface area contributed by atoms with E-state index in [1.165, 1.54) is 18.2 Å². The lowest BCUT2D eigenvalue weighted by Crippen LogP contribution is -2.40. The lowest BCUT2D eigenvalue weighted by molar-refractivity contribution is -0.153. The monoisotopic (exact) mass is 367 g/mol. The Hall–Kier alpha value is -2.70. The summed E-state index contributed by atoms with van der Waals surface area (Å²) in [6.45, 7) is 1.99. The maximum atomic E-state index is 12.6. The third kappa shape index (κ3) is 5.68. The molecule has 2 rings (SSSR count). The Morgan fingerprint density at radius 2 is 1.50 bits per heavy atom. The van der Waals surface area contributed by atoms with Crippen LogP contribution in [0.3, 0.4) is 0 Å². The van der Waals surface area contributed by atoms with Gasteiger partial charge in [-0.25, -0.2) is 0 Å². The molecule has 0 aliphatic heterocycles. The van der Waals surface area contributed by atoms with Gasteiger partial charge in [0.15, 0.2) is 24.7 Å². The van der Waals surface area contributed by atoms with E-state index in [2.05, 4.69) is 0 Å². The van der Waals surface area contributed by atoms with Gasteiger partial charge in [-0.2, -0.15) is 13.2 Å². The minimum atomic E-state index is -4.45. The molecule has 26 heavy (non-hydrogen) atoms. The van der Waals surface area contributed by atoms with Crippen LogP contribution in [-0.2, 0) is 4.79 Å². The number of hydrogen-bond acceptors (Lipinski definition) is 3. The first kappa shape index (κ1) is 19.6. The molecule has 2 aromatic carbocycles. The van der Waals surface area contributed by atoms with Gasteiger partial charge in [0.1, 0.15) is 0 Å². The Balaban J connectivity index is 2.06. The third-order valence-electron chi connectivity index (χ3n) is 3.41. The summed E-state index contributed by atoms with van der Waals surface area (Å²) in [6.07, 6.45) is -4.45. The lowest BCUT2D eigenvalue weighted by Gasteiger charge is -2.27. The molecule has 0 unspecified atom stereocenters. The quantitative estimate of drug-likeness (QED) is 0.726. The van der Waals surface area contributed by atoms with E-state index in [9.17, 15) is 18.0 Å². The number of para-hydroxylation sites is 3. The molecule has 7 heteroatoms. The molecule has 0 heterocycles. The van der Waals surface area contributed by atoms with Gasteiger partial charge in [-0.1, -0.05) is 30.3 Å². The Morgan fingerprint density at radius 1 is 0.962 bits per heavy atom. The van der Waals surface area contributed by atoms with E-state index < -0.39 is 12.8 Å². The van der Waals surface area contributed by atoms with Crippen molar-refractivity contribution < 1.29 is 27.4 Å². The molecule has 0 saturated heterocycles. The van der Waals surface area contributed by atoms with E-state index in [0.717, 1.165) is 5.69 Å². The van der Waals surface area contributed by atoms with E-state index >= 15 is 0 Å². The number of rotatable bonds is 7. The van der Waals surface area contributed by atoms with E-state index in [1.54, 1.807) is 23.1 Å². The fourth-order valence-electron chi connectivity index (χ4n) is 2.38. The first-order valence-electron chi connectivity index (χ1n) is 8.06. The summed E-state index contributed by atoms with van der Waals surface area (Å²) in [5.74, 6) is -0.285. The normalized spacial score (nSPS) is 11.3. The predicted octanol–water partition coefficient (Wildman–Crippen LogP) is 4.45. The molecule has 0 aliphatic carbocycles. The smallest absolute Gasteiger partial charge is 0.422 e. The predicted molar refractivity (Wildman–Crippen MR) is 92.6 cm³/mol. The second-order valence-electron chi connectivity index (χ2n) is 5.83. The Labute approximate surface area is 150 Å². The van der Waals surface area contributed by atoms with Crippen LogP contribution >= 0.6 is 0 Å². The van der Waals surface area contributed by atoms with E-state index in [4.69, 9.17) is 9.47 Å². The molecular formula is C19H20F3NO3. The highest BCUT2D eigenvalue weighted by molar-refractivity contribution is 5.94. The van der Waals surface area contributed by atoms with Crippen LogP contribution in [0, 0.1) is 0 Å². The van der Waals surface area contributed by atoms with Crippen molar-refractivity contribution in [2.75, 3.05) is 18.1 Å². The van der Waals surface area contributed by atoms with Gasteiger partial charge in [-0.15, -0.1) is 0 Å². The SMILES string of the molecule is CC(C)N(C(=O)COc1ccccc1OCC(F)(F)F)c1ccccc1. The van der Waals surface area contributed by atoms with Crippen LogP contribution in [-0.4, -0.2) is 31.3 Å². The zero-order chi connectivity index (χ0) is 19.2. The van der Waals surface area contributed by atoms with Crippen molar-refractivity contribution in [3.63, 3.8) is 0 Å². The summed E-state index contributed by atoms with van der Waals surface area (Å²) in [6, 6.07) is 14.9. The molecule has 0 aliphatic rings. The van der Waals surface area contributed by atoms with Crippen LogP contribution in [0.5, 0.6) is 11.5 Å². The topological polar surface area (TPSA) is 38.8 Å². The van der Waals surface area contributed by atoms with Crippen LogP contribution in [0.4, 0.5) is 18.9 Å². The van der Waals surface area contributed by atoms with E-state index in [-0.39, 0.29) is 30.1 Å². The number of benzene rings is 2. The van der Waals surface area contributed by atoms with Crippen molar-refractivity contribution in [3.8, 4) is 11.5 Å². The fraction of sp³-hybridized carbons (Fsp3) is 0.316. The second kappa shape index (κ2) is 8.60. The Kier molecular flexibility index (Phi) is 6.49. The van der Waals surface area contributed by atoms with Crippen molar-refractivity contribution in [1.82, 2.24) is 0 Å². The summed E-state index contributed by atoms with van der Waals surface area (Å²) >= 11 is 0. The molecule has 0 saturated carbocycles. The number of ether oxygens (including phenoxy) is 2. The molecule has 0 atom stereocenters. The van der Waals surface area contributed by atoms with Gasteiger partial charge in [-0.05, 0) is 38.1 Å². The maximum Gasteiger partial charge on any atom is 0.422 e. The molecule has 140 valence electrons. The molecular weight excluding hydrogens is 347 g/mol. The number of hydrogen-bond donors (Lipinski definition) is 0. The number of alkyl halides is 3. The molecule has 0 spiro atoms. The van der Waals surface area contributed by atoms with Gasteiger partial charge in [0.2, 0.25) is 0 Å². The first-order valence-corrected chi connectivity index (χ1v) is 8.06. The fourth-order valence-corrected chi connectivity index (χ4v) is 2.38. The number of carbonyl (C=O) groups excluding carboxylic acids is 1. The number of halogens is 3. The summed E-state index contributed by atoms with van der Waals surface area (Å²) in [7, 11) is 0. The van der Waals surface area contributed by atoms with Gasteiger partial charge >= 0.3 is 6.18 Å². The summed E-state index contributed by atoms with van der Waals surface area (Å²) < 4.78 is 47.2. The van der Waals surface area contributed by atoms with Gasteiger partial charge in [0.05, 0.1) is 0 Å². The average molecular weight is 367 g/mol. The molecule has 1 amide bonds. The van der Waals surface area contributed by atoms with Crippen molar-refractivity contribution in [2.45, 2.75) is 26.1 Å². The van der Waals surface area contributed by atoms with Gasteiger partial charge in [-0.3, -0.25) is 4.79 Å². The summed E-state index contributed by atoms with van der Waals surface area (Å²) in [5.41, 5.74) is 0.720. The van der Waals surface area contributed by atoms with Crippen LogP contribution < -0.4 is 14.4 Å². The summed E-state index contributed by atoms with van der Waals surface area (Å²) in [5, 5.41) is 0. The molecule has 0 radical (unpaired) electrons. The molecule has 2 aromatic rings. The van der Waals surface area contributed by atoms with Gasteiger partial charge in [0, 0.05) is 11.7 Å². The van der Waals surface area contributed by atoms with Crippen molar-refractivity contribution in [3.05, 3.63) is 54.6 Å². The minimum Gasteiger partial charge on any atom is -0.480 e. The number of nitrogens with zero attached hydrogens (tertiary/aromatic N) is 1. The molecule has 0 aromatic heterocycles. The first-order chi connectivity index (χ1) is 12.3. The van der Waals surface area contributed by atoms with Crippen molar-refractivity contribution in [1.29, 1.82) is 0 Å². The van der Waals surface area contributed by atoms with Crippen LogP contribution in [0.1, 0.15) is 13.8 Å². The Morgan fingerprint density at radius 3 is 2.04 bits per heavy atom. The zero-order valence-corrected chi connectivity index (χ0v) is 14.5. The number of amides is 1. The standard InChI is InChI=1S/C19H20F3NO3/c1-14(2)23(15-8-4-3-5-9-15)18(24)12-25-16-10-6-7-11-17(16)26-13-19(20,21)22/h3-11,14H,12-13H2,1-2H3. The zero-order valence-electron chi connectivity index (χ0n) is 14.5. The van der Waals surface area contributed by atoms with Crippen molar-refractivity contribution in [2.24, 2.45) is 0 Å². The van der Waals surface area contributed by atoms with Gasteiger partial charge in [0.25, 0.3) is 5.91 Å². The molecule has 4 nitrogen and oxygen atoms in total. The lowest BCUT2D eigenvalue weighted by atomic mass is 10.2. The average Bonchev–Trinajstić information content (AvgIpc) is 2.59. The highest BCUT2D eigenvalue weighted by Gasteiger charge is 2.29. The number of anilines is 1. The van der Waals surface area contributed by atoms with Crippen LogP contribution in [0.25, 0.3) is 0 Å². The van der Waals surface area contributed by atoms with Crippen molar-refractivity contribution >= 4 is 11.6 Å². The molecule has 0 N–H and O–H groups in total. The van der Waals surface area contributed by atoms with Gasteiger partial charge < -0.3 is 14.4 Å². The summed E-state index contributed by atoms with van der Waals surface area (Å²) in [4.78, 5) is 14.1. The van der Waals surface area contributed by atoms with E-state index in [1.807, 2.05) is 32.0 Å². The largest absolute Gasteiger partial charge is 0.480 e. The minimum absolute atomic E-state index is 0.0616. The highest BCUT2D eigenvalue weighted by atomic mass is 19.4. The van der Waals surface area contributed by atoms with E-state index in [0.29, 0.717) is 0 Å². The maximum absolute atomic E-state index is 12.6. The molecule has 0 bridgehead atoms. The number of carbonyl (C=O) groups is 1. The van der Waals surface area contributed by atoms with Crippen LogP contribution in [0.15, 0.2) is 54.6 Å². The third-order valence-corrected chi connectivity index (χ3v) is 3.41.